The maximum atomic E-state index is 10.5. The Kier molecular flexibility index (Phi) is 6.02. The first-order valence-corrected chi connectivity index (χ1v) is 7.77. The Morgan fingerprint density at radius 1 is 1.05 bits per heavy atom. The molecule has 0 aromatic heterocycles. The second-order valence-corrected chi connectivity index (χ2v) is 5.78. The van der Waals surface area contributed by atoms with Gasteiger partial charge in [-0.3, -0.25) is 0 Å². The van der Waals surface area contributed by atoms with E-state index in [4.69, 9.17) is 4.74 Å². The highest BCUT2D eigenvalue weighted by Gasteiger charge is 2.32. The van der Waals surface area contributed by atoms with Crippen LogP contribution in [0.4, 0.5) is 0 Å². The van der Waals surface area contributed by atoms with E-state index in [0.29, 0.717) is 6.42 Å². The normalized spacial score (nSPS) is 19.7. The monoisotopic (exact) mass is 278 g/mol. The van der Waals surface area contributed by atoms with Crippen molar-refractivity contribution in [2.24, 2.45) is 0 Å². The molecule has 1 fully saturated rings. The van der Waals surface area contributed by atoms with E-state index >= 15 is 0 Å². The third-order valence-electron chi connectivity index (χ3n) is 4.07. The van der Waals surface area contributed by atoms with Crippen LogP contribution in [-0.4, -0.2) is 28.7 Å². The van der Waals surface area contributed by atoms with Crippen molar-refractivity contribution in [2.75, 3.05) is 6.61 Å². The lowest BCUT2D eigenvalue weighted by Crippen LogP contribution is -2.39. The summed E-state index contributed by atoms with van der Waals surface area (Å²) in [7, 11) is 0. The molecular weight excluding hydrogens is 252 g/mol. The highest BCUT2D eigenvalue weighted by molar-refractivity contribution is 5.14. The summed E-state index contributed by atoms with van der Waals surface area (Å²) in [4.78, 5) is 0. The molecule has 1 aliphatic carbocycles. The topological polar surface area (TPSA) is 49.7 Å². The number of ether oxygens (including phenoxy) is 1. The first-order valence-electron chi connectivity index (χ1n) is 7.77. The standard InChI is InChI=1S/C17H26O3/c18-14-11-16(10-9-15-7-3-1-4-8-15)20-17(19)12-5-2-6-13-17/h1,3-4,7-8,16,18-19H,2,5-6,9-14H2/t16-/m0/s1. The van der Waals surface area contributed by atoms with Crippen molar-refractivity contribution in [2.45, 2.75) is 63.3 Å². The van der Waals surface area contributed by atoms with Gasteiger partial charge < -0.3 is 14.9 Å². The summed E-state index contributed by atoms with van der Waals surface area (Å²) in [6.07, 6.45) is 6.97. The molecule has 20 heavy (non-hydrogen) atoms. The molecule has 1 aromatic rings. The van der Waals surface area contributed by atoms with Crippen LogP contribution in [0.1, 0.15) is 50.5 Å². The summed E-state index contributed by atoms with van der Waals surface area (Å²) < 4.78 is 5.94. The smallest absolute Gasteiger partial charge is 0.165 e. The molecule has 0 amide bonds. The van der Waals surface area contributed by atoms with Gasteiger partial charge in [0.1, 0.15) is 0 Å². The molecule has 1 saturated carbocycles. The maximum absolute atomic E-state index is 10.5. The fourth-order valence-corrected chi connectivity index (χ4v) is 2.91. The molecule has 1 atom stereocenters. The molecule has 1 aliphatic rings. The molecule has 0 saturated heterocycles. The highest BCUT2D eigenvalue weighted by Crippen LogP contribution is 2.31. The fourth-order valence-electron chi connectivity index (χ4n) is 2.91. The Bertz CT molecular complexity index is 371. The number of aryl methyl sites for hydroxylation is 1. The summed E-state index contributed by atoms with van der Waals surface area (Å²) in [5.41, 5.74) is 1.27. The third-order valence-corrected chi connectivity index (χ3v) is 4.07. The minimum Gasteiger partial charge on any atom is -0.396 e. The predicted molar refractivity (Wildman–Crippen MR) is 79.4 cm³/mol. The molecule has 0 unspecified atom stereocenters. The predicted octanol–water partition coefficient (Wildman–Crippen LogP) is 3.04. The molecule has 0 spiro atoms. The largest absolute Gasteiger partial charge is 0.396 e. The van der Waals surface area contributed by atoms with Gasteiger partial charge in [0.15, 0.2) is 5.79 Å². The molecule has 1 aromatic carbocycles. The Morgan fingerprint density at radius 2 is 1.75 bits per heavy atom. The minimum atomic E-state index is -0.964. The van der Waals surface area contributed by atoms with Gasteiger partial charge in [-0.1, -0.05) is 36.8 Å². The number of hydrogen-bond acceptors (Lipinski definition) is 3. The van der Waals surface area contributed by atoms with Gasteiger partial charge in [-0.15, -0.1) is 0 Å². The van der Waals surface area contributed by atoms with Gasteiger partial charge in [0, 0.05) is 19.4 Å². The average Bonchev–Trinajstić information content (AvgIpc) is 2.47. The van der Waals surface area contributed by atoms with E-state index in [0.717, 1.165) is 38.5 Å². The summed E-state index contributed by atoms with van der Waals surface area (Å²) in [5, 5.41) is 19.6. The van der Waals surface area contributed by atoms with Crippen molar-refractivity contribution < 1.29 is 14.9 Å². The van der Waals surface area contributed by atoms with E-state index in [-0.39, 0.29) is 12.7 Å². The SMILES string of the molecule is OCC[C@H](CCc1ccccc1)OC1(O)CCCCC1. The summed E-state index contributed by atoms with van der Waals surface area (Å²) in [6.45, 7) is 0.107. The highest BCUT2D eigenvalue weighted by atomic mass is 16.6. The van der Waals surface area contributed by atoms with E-state index < -0.39 is 5.79 Å². The quantitative estimate of drug-likeness (QED) is 0.754. The van der Waals surface area contributed by atoms with Crippen LogP contribution in [0.25, 0.3) is 0 Å². The van der Waals surface area contributed by atoms with Gasteiger partial charge in [-0.05, 0) is 37.7 Å². The summed E-state index contributed by atoms with van der Waals surface area (Å²) in [6, 6.07) is 10.3. The number of benzene rings is 1. The van der Waals surface area contributed by atoms with Crippen LogP contribution in [-0.2, 0) is 11.2 Å². The molecular formula is C17H26O3. The van der Waals surface area contributed by atoms with Gasteiger partial charge in [-0.2, -0.15) is 0 Å². The van der Waals surface area contributed by atoms with Gasteiger partial charge in [0.2, 0.25) is 0 Å². The molecule has 0 heterocycles. The Labute approximate surface area is 121 Å². The zero-order valence-corrected chi connectivity index (χ0v) is 12.1. The fraction of sp³-hybridized carbons (Fsp3) is 0.647. The van der Waals surface area contributed by atoms with Crippen LogP contribution in [0.2, 0.25) is 0 Å². The van der Waals surface area contributed by atoms with Crippen LogP contribution < -0.4 is 0 Å². The first-order chi connectivity index (χ1) is 9.72. The second kappa shape index (κ2) is 7.77. The van der Waals surface area contributed by atoms with Crippen LogP contribution in [0.3, 0.4) is 0 Å². The molecule has 0 radical (unpaired) electrons. The Morgan fingerprint density at radius 3 is 2.40 bits per heavy atom. The van der Waals surface area contributed by atoms with Crippen LogP contribution in [0.15, 0.2) is 30.3 Å². The lowest BCUT2D eigenvalue weighted by atomic mass is 9.93. The van der Waals surface area contributed by atoms with Crippen molar-refractivity contribution in [1.82, 2.24) is 0 Å². The zero-order valence-electron chi connectivity index (χ0n) is 12.1. The van der Waals surface area contributed by atoms with E-state index in [1.54, 1.807) is 0 Å². The average molecular weight is 278 g/mol. The van der Waals surface area contributed by atoms with Gasteiger partial charge >= 0.3 is 0 Å². The van der Waals surface area contributed by atoms with Crippen molar-refractivity contribution in [3.8, 4) is 0 Å². The number of aliphatic hydroxyl groups is 2. The van der Waals surface area contributed by atoms with Crippen LogP contribution in [0, 0.1) is 0 Å². The van der Waals surface area contributed by atoms with Crippen LogP contribution >= 0.6 is 0 Å². The van der Waals surface area contributed by atoms with E-state index in [2.05, 4.69) is 12.1 Å². The van der Waals surface area contributed by atoms with E-state index in [9.17, 15) is 10.2 Å². The van der Waals surface area contributed by atoms with Crippen LogP contribution in [0.5, 0.6) is 0 Å². The zero-order chi connectivity index (χ0) is 14.3. The van der Waals surface area contributed by atoms with E-state index in [1.807, 2.05) is 18.2 Å². The molecule has 112 valence electrons. The van der Waals surface area contributed by atoms with Crippen molar-refractivity contribution in [3.05, 3.63) is 35.9 Å². The third kappa shape index (κ3) is 4.89. The van der Waals surface area contributed by atoms with Crippen molar-refractivity contribution in [3.63, 3.8) is 0 Å². The lowest BCUT2D eigenvalue weighted by Gasteiger charge is -2.35. The Hall–Kier alpha value is -0.900. The minimum absolute atomic E-state index is 0.0664. The first kappa shape index (κ1) is 15.5. The molecule has 2 N–H and O–H groups in total. The second-order valence-electron chi connectivity index (χ2n) is 5.78. The van der Waals surface area contributed by atoms with Gasteiger partial charge in [0.25, 0.3) is 0 Å². The number of rotatable bonds is 7. The maximum Gasteiger partial charge on any atom is 0.165 e. The van der Waals surface area contributed by atoms with E-state index in [1.165, 1.54) is 12.0 Å². The molecule has 3 heteroatoms. The van der Waals surface area contributed by atoms with Gasteiger partial charge in [-0.25, -0.2) is 0 Å². The number of hydrogen-bond donors (Lipinski definition) is 2. The summed E-state index contributed by atoms with van der Waals surface area (Å²) >= 11 is 0. The number of aliphatic hydroxyl groups excluding tert-OH is 1. The summed E-state index contributed by atoms with van der Waals surface area (Å²) in [5.74, 6) is -0.964. The molecule has 0 bridgehead atoms. The molecule has 3 nitrogen and oxygen atoms in total. The molecule has 2 rings (SSSR count). The van der Waals surface area contributed by atoms with Gasteiger partial charge in [0.05, 0.1) is 6.10 Å². The van der Waals surface area contributed by atoms with Crippen molar-refractivity contribution in [1.29, 1.82) is 0 Å². The lowest BCUT2D eigenvalue weighted by molar-refractivity contribution is -0.247. The van der Waals surface area contributed by atoms with Crippen molar-refractivity contribution >= 4 is 0 Å². The molecule has 0 aliphatic heterocycles. The Balaban J connectivity index is 1.86.